The van der Waals surface area contributed by atoms with Gasteiger partial charge in [0.2, 0.25) is 0 Å². The van der Waals surface area contributed by atoms with E-state index in [0.29, 0.717) is 36.2 Å². The zero-order valence-electron chi connectivity index (χ0n) is 11.3. The van der Waals surface area contributed by atoms with E-state index in [4.69, 9.17) is 11.0 Å². The largest absolute Gasteiger partial charge is 0.330 e. The fraction of sp³-hybridized carbons (Fsp3) is 0.533. The predicted molar refractivity (Wildman–Crippen MR) is 72.8 cm³/mol. The molecule has 1 aromatic carbocycles. The Labute approximate surface area is 113 Å². The van der Waals surface area contributed by atoms with Crippen molar-refractivity contribution < 1.29 is 4.39 Å². The summed E-state index contributed by atoms with van der Waals surface area (Å²) >= 11 is 0. The Morgan fingerprint density at radius 3 is 2.95 bits per heavy atom. The second kappa shape index (κ2) is 6.14. The van der Waals surface area contributed by atoms with Crippen molar-refractivity contribution >= 4 is 0 Å². The summed E-state index contributed by atoms with van der Waals surface area (Å²) in [6.45, 7) is 1.22. The quantitative estimate of drug-likeness (QED) is 0.904. The molecule has 2 rings (SSSR count). The van der Waals surface area contributed by atoms with Gasteiger partial charge in [-0.2, -0.15) is 5.26 Å². The third-order valence-corrected chi connectivity index (χ3v) is 4.08. The van der Waals surface area contributed by atoms with Crippen molar-refractivity contribution in [2.75, 3.05) is 13.6 Å². The van der Waals surface area contributed by atoms with Crippen LogP contribution in [0.2, 0.25) is 0 Å². The maximum Gasteiger partial charge on any atom is 0.127 e. The third-order valence-electron chi connectivity index (χ3n) is 4.08. The third kappa shape index (κ3) is 3.12. The average Bonchev–Trinajstić information content (AvgIpc) is 2.89. The Hall–Kier alpha value is -1.44. The predicted octanol–water partition coefficient (Wildman–Crippen LogP) is 2.26. The van der Waals surface area contributed by atoms with E-state index in [1.807, 2.05) is 7.05 Å². The molecule has 1 aliphatic carbocycles. The highest BCUT2D eigenvalue weighted by Crippen LogP contribution is 2.29. The number of rotatable bonds is 4. The SMILES string of the molecule is CN(Cc1cc(C#N)ccc1F)C1CCCC1CN. The zero-order chi connectivity index (χ0) is 13.8. The Morgan fingerprint density at radius 1 is 1.47 bits per heavy atom. The van der Waals surface area contributed by atoms with Gasteiger partial charge in [-0.05, 0) is 50.6 Å². The minimum Gasteiger partial charge on any atom is -0.330 e. The first-order valence-corrected chi connectivity index (χ1v) is 6.74. The topological polar surface area (TPSA) is 53.0 Å². The van der Waals surface area contributed by atoms with Crippen LogP contribution in [0.15, 0.2) is 18.2 Å². The monoisotopic (exact) mass is 261 g/mol. The molecule has 2 atom stereocenters. The van der Waals surface area contributed by atoms with Crippen LogP contribution in [0.1, 0.15) is 30.4 Å². The number of nitriles is 1. The number of hydrogen-bond donors (Lipinski definition) is 1. The van der Waals surface area contributed by atoms with Crippen LogP contribution in [0.3, 0.4) is 0 Å². The first-order chi connectivity index (χ1) is 9.15. The van der Waals surface area contributed by atoms with E-state index < -0.39 is 0 Å². The molecule has 1 aliphatic rings. The van der Waals surface area contributed by atoms with Gasteiger partial charge in [-0.15, -0.1) is 0 Å². The van der Waals surface area contributed by atoms with Crippen molar-refractivity contribution in [2.45, 2.75) is 31.8 Å². The van der Waals surface area contributed by atoms with Crippen molar-refractivity contribution in [1.82, 2.24) is 4.90 Å². The van der Waals surface area contributed by atoms with E-state index in [0.717, 1.165) is 12.8 Å². The number of nitrogens with two attached hydrogens (primary N) is 1. The molecule has 4 heteroatoms. The normalized spacial score (nSPS) is 22.7. The molecule has 2 unspecified atom stereocenters. The molecule has 0 saturated heterocycles. The summed E-state index contributed by atoms with van der Waals surface area (Å²) in [7, 11) is 2.01. The van der Waals surface area contributed by atoms with E-state index in [1.165, 1.54) is 18.6 Å². The van der Waals surface area contributed by atoms with Gasteiger partial charge in [-0.25, -0.2) is 4.39 Å². The van der Waals surface area contributed by atoms with Crippen LogP contribution in [0.5, 0.6) is 0 Å². The molecule has 0 bridgehead atoms. The van der Waals surface area contributed by atoms with Crippen molar-refractivity contribution in [3.05, 3.63) is 35.1 Å². The summed E-state index contributed by atoms with van der Waals surface area (Å²) in [5, 5.41) is 8.88. The van der Waals surface area contributed by atoms with Gasteiger partial charge in [0.05, 0.1) is 11.6 Å². The lowest BCUT2D eigenvalue weighted by molar-refractivity contribution is 0.191. The summed E-state index contributed by atoms with van der Waals surface area (Å²) < 4.78 is 13.8. The molecule has 3 nitrogen and oxygen atoms in total. The van der Waals surface area contributed by atoms with Crippen LogP contribution in [0, 0.1) is 23.1 Å². The first-order valence-electron chi connectivity index (χ1n) is 6.74. The summed E-state index contributed by atoms with van der Waals surface area (Å²) in [5.41, 5.74) is 6.88. The van der Waals surface area contributed by atoms with Gasteiger partial charge < -0.3 is 5.73 Å². The maximum atomic E-state index is 13.8. The second-order valence-corrected chi connectivity index (χ2v) is 5.33. The molecule has 1 saturated carbocycles. The molecule has 0 heterocycles. The molecule has 0 aliphatic heterocycles. The molecule has 2 N–H and O–H groups in total. The smallest absolute Gasteiger partial charge is 0.127 e. The molecule has 0 radical (unpaired) electrons. The standard InChI is InChI=1S/C15H20FN3/c1-19(15-4-2-3-12(15)9-18)10-13-7-11(8-17)5-6-14(13)16/h5-7,12,15H,2-4,9-10,18H2,1H3. The van der Waals surface area contributed by atoms with Gasteiger partial charge in [0.1, 0.15) is 5.82 Å². The van der Waals surface area contributed by atoms with Crippen LogP contribution in [-0.4, -0.2) is 24.5 Å². The van der Waals surface area contributed by atoms with E-state index in [1.54, 1.807) is 6.07 Å². The fourth-order valence-corrected chi connectivity index (χ4v) is 3.02. The fourth-order valence-electron chi connectivity index (χ4n) is 3.02. The Kier molecular flexibility index (Phi) is 4.52. The number of halogens is 1. The maximum absolute atomic E-state index is 13.8. The van der Waals surface area contributed by atoms with Crippen molar-refractivity contribution in [1.29, 1.82) is 5.26 Å². The number of hydrogen-bond acceptors (Lipinski definition) is 3. The lowest BCUT2D eigenvalue weighted by Gasteiger charge is -2.29. The van der Waals surface area contributed by atoms with Gasteiger partial charge >= 0.3 is 0 Å². The van der Waals surface area contributed by atoms with Crippen molar-refractivity contribution in [2.24, 2.45) is 11.7 Å². The van der Waals surface area contributed by atoms with E-state index in [9.17, 15) is 4.39 Å². The molecule has 102 valence electrons. The van der Waals surface area contributed by atoms with E-state index >= 15 is 0 Å². The van der Waals surface area contributed by atoms with Gasteiger partial charge in [0.25, 0.3) is 0 Å². The minimum absolute atomic E-state index is 0.242. The van der Waals surface area contributed by atoms with Gasteiger partial charge in [-0.1, -0.05) is 6.42 Å². The lowest BCUT2D eigenvalue weighted by atomic mass is 10.0. The summed E-state index contributed by atoms with van der Waals surface area (Å²) in [4.78, 5) is 2.17. The molecular weight excluding hydrogens is 241 g/mol. The highest BCUT2D eigenvalue weighted by molar-refractivity contribution is 5.33. The molecule has 0 spiro atoms. The lowest BCUT2D eigenvalue weighted by Crippen LogP contribution is -2.37. The van der Waals surface area contributed by atoms with E-state index in [2.05, 4.69) is 11.0 Å². The van der Waals surface area contributed by atoms with Crippen molar-refractivity contribution in [3.8, 4) is 6.07 Å². The average molecular weight is 261 g/mol. The van der Waals surface area contributed by atoms with Crippen LogP contribution in [-0.2, 0) is 6.54 Å². The van der Waals surface area contributed by atoms with Gasteiger partial charge in [-0.3, -0.25) is 4.90 Å². The second-order valence-electron chi connectivity index (χ2n) is 5.33. The van der Waals surface area contributed by atoms with Crippen LogP contribution in [0.4, 0.5) is 4.39 Å². The Bertz CT molecular complexity index is 481. The molecular formula is C15H20FN3. The van der Waals surface area contributed by atoms with E-state index in [-0.39, 0.29) is 5.82 Å². The molecule has 0 amide bonds. The van der Waals surface area contributed by atoms with Crippen LogP contribution in [0.25, 0.3) is 0 Å². The highest BCUT2D eigenvalue weighted by Gasteiger charge is 2.29. The first kappa shape index (κ1) is 14.0. The summed E-state index contributed by atoms with van der Waals surface area (Å²) in [5.74, 6) is 0.264. The molecule has 1 fully saturated rings. The molecule has 0 aromatic heterocycles. The summed E-state index contributed by atoms with van der Waals surface area (Å²) in [6, 6.07) is 7.00. The number of benzene rings is 1. The zero-order valence-corrected chi connectivity index (χ0v) is 11.3. The highest BCUT2D eigenvalue weighted by atomic mass is 19.1. The Balaban J connectivity index is 2.10. The van der Waals surface area contributed by atoms with Gasteiger partial charge in [0.15, 0.2) is 0 Å². The van der Waals surface area contributed by atoms with Gasteiger partial charge in [0, 0.05) is 18.2 Å². The number of nitrogens with zero attached hydrogens (tertiary/aromatic N) is 2. The van der Waals surface area contributed by atoms with Crippen molar-refractivity contribution in [3.63, 3.8) is 0 Å². The van der Waals surface area contributed by atoms with Crippen LogP contribution < -0.4 is 5.73 Å². The molecule has 19 heavy (non-hydrogen) atoms. The Morgan fingerprint density at radius 2 is 2.26 bits per heavy atom. The minimum atomic E-state index is -0.242. The molecule has 1 aromatic rings. The van der Waals surface area contributed by atoms with Crippen LogP contribution >= 0.6 is 0 Å². The summed E-state index contributed by atoms with van der Waals surface area (Å²) in [6.07, 6.45) is 3.47.